The number of esters is 2. The van der Waals surface area contributed by atoms with E-state index in [1.807, 2.05) is 18.2 Å². The highest BCUT2D eigenvalue weighted by molar-refractivity contribution is 5.78. The van der Waals surface area contributed by atoms with E-state index in [2.05, 4.69) is 36.4 Å². The van der Waals surface area contributed by atoms with Gasteiger partial charge in [0.25, 0.3) is 0 Å². The SMILES string of the molecule is O=C(CCOC(=O)C1CC2c3ccccc3C1c1ccccc12)Oc1ccccc1. The van der Waals surface area contributed by atoms with Crippen LogP contribution in [0.25, 0.3) is 0 Å². The van der Waals surface area contributed by atoms with Crippen LogP contribution in [0.15, 0.2) is 78.9 Å². The molecule has 3 aliphatic carbocycles. The summed E-state index contributed by atoms with van der Waals surface area (Å²) in [6.45, 7) is 0.0294. The first-order chi connectivity index (χ1) is 14.7. The molecular formula is C26H22O4. The normalized spacial score (nSPS) is 20.7. The third-order valence-electron chi connectivity index (χ3n) is 6.13. The highest BCUT2D eigenvalue weighted by Crippen LogP contribution is 2.55. The van der Waals surface area contributed by atoms with Gasteiger partial charge in [0.1, 0.15) is 12.4 Å². The first-order valence-corrected chi connectivity index (χ1v) is 10.3. The van der Waals surface area contributed by atoms with E-state index in [4.69, 9.17) is 9.47 Å². The van der Waals surface area contributed by atoms with E-state index in [1.165, 1.54) is 22.3 Å². The Kier molecular flexibility index (Phi) is 4.83. The zero-order valence-corrected chi connectivity index (χ0v) is 16.5. The number of carbonyl (C=O) groups is 2. The largest absolute Gasteiger partial charge is 0.465 e. The third kappa shape index (κ3) is 3.28. The number of rotatable bonds is 5. The minimum Gasteiger partial charge on any atom is -0.465 e. The van der Waals surface area contributed by atoms with Crippen molar-refractivity contribution in [3.05, 3.63) is 101 Å². The van der Waals surface area contributed by atoms with Crippen molar-refractivity contribution < 1.29 is 19.1 Å². The number of para-hydroxylation sites is 1. The van der Waals surface area contributed by atoms with Crippen LogP contribution in [0.4, 0.5) is 0 Å². The summed E-state index contributed by atoms with van der Waals surface area (Å²) in [6.07, 6.45) is 0.778. The molecule has 0 radical (unpaired) electrons. The molecule has 0 spiro atoms. The molecule has 4 heteroatoms. The molecule has 3 aromatic rings. The van der Waals surface area contributed by atoms with Gasteiger partial charge in [-0.1, -0.05) is 66.7 Å². The Hall–Kier alpha value is -3.40. The van der Waals surface area contributed by atoms with Crippen molar-refractivity contribution in [1.29, 1.82) is 0 Å². The van der Waals surface area contributed by atoms with Gasteiger partial charge in [-0.3, -0.25) is 9.59 Å². The van der Waals surface area contributed by atoms with Crippen molar-refractivity contribution in [3.8, 4) is 5.75 Å². The monoisotopic (exact) mass is 398 g/mol. The number of hydrogen-bond acceptors (Lipinski definition) is 4. The van der Waals surface area contributed by atoms with Gasteiger partial charge in [-0.05, 0) is 40.8 Å². The Labute approximate surface area is 175 Å². The van der Waals surface area contributed by atoms with Crippen molar-refractivity contribution in [2.45, 2.75) is 24.7 Å². The molecule has 1 atom stereocenters. The summed E-state index contributed by atoms with van der Waals surface area (Å²) < 4.78 is 10.8. The maximum Gasteiger partial charge on any atom is 0.314 e. The summed E-state index contributed by atoms with van der Waals surface area (Å²) in [4.78, 5) is 25.0. The average Bonchev–Trinajstić information content (AvgIpc) is 2.79. The van der Waals surface area contributed by atoms with Crippen molar-refractivity contribution in [1.82, 2.24) is 0 Å². The average molecular weight is 398 g/mol. The van der Waals surface area contributed by atoms with Crippen LogP contribution in [0.5, 0.6) is 5.75 Å². The molecule has 0 aromatic heterocycles. The lowest BCUT2D eigenvalue weighted by Gasteiger charge is -2.44. The highest BCUT2D eigenvalue weighted by Gasteiger charge is 2.46. The van der Waals surface area contributed by atoms with Crippen molar-refractivity contribution in [2.75, 3.05) is 6.61 Å². The summed E-state index contributed by atoms with van der Waals surface area (Å²) in [5, 5.41) is 0. The smallest absolute Gasteiger partial charge is 0.314 e. The molecular weight excluding hydrogens is 376 g/mol. The molecule has 2 bridgehead atoms. The van der Waals surface area contributed by atoms with Gasteiger partial charge in [0.2, 0.25) is 0 Å². The van der Waals surface area contributed by atoms with Crippen LogP contribution in [0.2, 0.25) is 0 Å². The molecule has 0 saturated carbocycles. The number of fused-ring (bicyclic) bond motifs is 1. The van der Waals surface area contributed by atoms with E-state index in [9.17, 15) is 9.59 Å². The summed E-state index contributed by atoms with van der Waals surface area (Å²) in [7, 11) is 0. The second-order valence-corrected chi connectivity index (χ2v) is 7.83. The van der Waals surface area contributed by atoms with Gasteiger partial charge >= 0.3 is 11.9 Å². The molecule has 30 heavy (non-hydrogen) atoms. The van der Waals surface area contributed by atoms with Crippen molar-refractivity contribution in [3.63, 3.8) is 0 Å². The summed E-state index contributed by atoms with van der Waals surface area (Å²) in [6, 6.07) is 25.7. The minimum absolute atomic E-state index is 0.00571. The zero-order valence-electron chi connectivity index (χ0n) is 16.5. The van der Waals surface area contributed by atoms with E-state index < -0.39 is 5.97 Å². The second-order valence-electron chi connectivity index (χ2n) is 7.83. The topological polar surface area (TPSA) is 52.6 Å². The first-order valence-electron chi connectivity index (χ1n) is 10.3. The van der Waals surface area contributed by atoms with Crippen LogP contribution in [0.3, 0.4) is 0 Å². The fraction of sp³-hybridized carbons (Fsp3) is 0.231. The van der Waals surface area contributed by atoms with E-state index >= 15 is 0 Å². The standard InChI is InChI=1S/C26H22O4/c27-24(30-17-8-2-1-3-9-17)14-15-29-26(28)23-16-22-18-10-4-6-12-20(18)25(23)21-13-7-5-11-19(21)22/h1-13,22-23,25H,14-16H2. The van der Waals surface area contributed by atoms with Crippen molar-refractivity contribution in [2.24, 2.45) is 5.92 Å². The predicted molar refractivity (Wildman–Crippen MR) is 112 cm³/mol. The lowest BCUT2D eigenvalue weighted by Crippen LogP contribution is -2.37. The molecule has 0 N–H and O–H groups in total. The minimum atomic E-state index is -0.408. The maximum absolute atomic E-state index is 13.0. The van der Waals surface area contributed by atoms with Gasteiger partial charge in [-0.25, -0.2) is 0 Å². The van der Waals surface area contributed by atoms with E-state index in [0.29, 0.717) is 5.75 Å². The zero-order chi connectivity index (χ0) is 20.5. The van der Waals surface area contributed by atoms with Gasteiger partial charge in [-0.2, -0.15) is 0 Å². The second kappa shape index (κ2) is 7.79. The molecule has 0 amide bonds. The number of hydrogen-bond donors (Lipinski definition) is 0. The molecule has 1 unspecified atom stereocenters. The van der Waals surface area contributed by atoms with Crippen LogP contribution in [-0.4, -0.2) is 18.5 Å². The molecule has 0 saturated heterocycles. The molecule has 150 valence electrons. The van der Waals surface area contributed by atoms with Crippen molar-refractivity contribution >= 4 is 11.9 Å². The first kappa shape index (κ1) is 18.6. The molecule has 0 fully saturated rings. The highest BCUT2D eigenvalue weighted by atomic mass is 16.5. The Balaban J connectivity index is 1.27. The quantitative estimate of drug-likeness (QED) is 0.457. The van der Waals surface area contributed by atoms with E-state index in [0.717, 1.165) is 6.42 Å². The third-order valence-corrected chi connectivity index (χ3v) is 6.13. The predicted octanol–water partition coefficient (Wildman–Crippen LogP) is 4.82. The van der Waals surface area contributed by atoms with Gasteiger partial charge in [0, 0.05) is 11.8 Å². The summed E-state index contributed by atoms with van der Waals surface area (Å²) >= 11 is 0. The number of ether oxygens (including phenoxy) is 2. The lowest BCUT2D eigenvalue weighted by molar-refractivity contribution is -0.151. The van der Waals surface area contributed by atoms with Gasteiger partial charge in [0.15, 0.2) is 0 Å². The maximum atomic E-state index is 13.0. The lowest BCUT2D eigenvalue weighted by atomic mass is 9.59. The molecule has 3 aromatic carbocycles. The Morgan fingerprint density at radius 3 is 1.97 bits per heavy atom. The van der Waals surface area contributed by atoms with Gasteiger partial charge in [-0.15, -0.1) is 0 Å². The van der Waals surface area contributed by atoms with E-state index in [1.54, 1.807) is 24.3 Å². The number of benzene rings is 3. The van der Waals surface area contributed by atoms with Crippen LogP contribution in [0.1, 0.15) is 46.9 Å². The van der Waals surface area contributed by atoms with Crippen LogP contribution < -0.4 is 4.74 Å². The van der Waals surface area contributed by atoms with Gasteiger partial charge in [0.05, 0.1) is 12.3 Å². The fourth-order valence-electron chi connectivity index (χ4n) is 4.88. The fourth-order valence-corrected chi connectivity index (χ4v) is 4.88. The van der Waals surface area contributed by atoms with Crippen LogP contribution >= 0.6 is 0 Å². The molecule has 3 aliphatic rings. The van der Waals surface area contributed by atoms with Crippen LogP contribution in [0, 0.1) is 5.92 Å². The Morgan fingerprint density at radius 1 is 0.767 bits per heavy atom. The Morgan fingerprint density at radius 2 is 1.33 bits per heavy atom. The summed E-state index contributed by atoms with van der Waals surface area (Å²) in [5.74, 6) is -0.165. The Bertz CT molecular complexity index is 1040. The molecule has 6 rings (SSSR count). The van der Waals surface area contributed by atoms with E-state index in [-0.39, 0.29) is 36.8 Å². The summed E-state index contributed by atoms with van der Waals surface area (Å²) in [5.41, 5.74) is 5.07. The molecule has 0 heterocycles. The number of carbonyl (C=O) groups excluding carboxylic acids is 2. The molecule has 4 nitrogen and oxygen atoms in total. The van der Waals surface area contributed by atoms with Crippen LogP contribution in [-0.2, 0) is 14.3 Å². The molecule has 0 aliphatic heterocycles. The van der Waals surface area contributed by atoms with Gasteiger partial charge < -0.3 is 9.47 Å².